The molecule has 2 aromatic rings. The number of quaternary nitrogens is 1. The van der Waals surface area contributed by atoms with Crippen LogP contribution in [-0.4, -0.2) is 62.4 Å². The predicted octanol–water partition coefficient (Wildman–Crippen LogP) is 0.836. The molecule has 1 aliphatic heterocycles. The third-order valence-corrected chi connectivity index (χ3v) is 5.81. The van der Waals surface area contributed by atoms with Crippen LogP contribution in [0.25, 0.3) is 0 Å². The standard InChI is InChI=1S/C19H28N6OS/c1-15(27-18-20-21-22-25(18)19(2,3)4)17(26)24-12-10-23(11-13-24)14-16-8-6-5-7-9-16/h5-9,15H,10-14H2,1-4H3/p+1/t15-/m1/s1. The van der Waals surface area contributed by atoms with Crippen LogP contribution >= 0.6 is 11.8 Å². The molecule has 1 N–H and O–H groups in total. The molecule has 1 amide bonds. The number of benzene rings is 1. The first-order chi connectivity index (χ1) is 12.8. The Morgan fingerprint density at radius 2 is 1.89 bits per heavy atom. The van der Waals surface area contributed by atoms with Gasteiger partial charge in [0.05, 0.1) is 37.0 Å². The van der Waals surface area contributed by atoms with E-state index in [4.69, 9.17) is 0 Å². The molecule has 0 unspecified atom stereocenters. The van der Waals surface area contributed by atoms with Crippen molar-refractivity contribution in [1.29, 1.82) is 0 Å². The molecule has 8 heteroatoms. The van der Waals surface area contributed by atoms with Crippen molar-refractivity contribution in [2.45, 2.75) is 50.2 Å². The summed E-state index contributed by atoms with van der Waals surface area (Å²) < 4.78 is 1.78. The van der Waals surface area contributed by atoms with Gasteiger partial charge in [-0.2, -0.15) is 0 Å². The largest absolute Gasteiger partial charge is 0.330 e. The molecule has 0 spiro atoms. The van der Waals surface area contributed by atoms with Gasteiger partial charge in [-0.15, -0.1) is 5.10 Å². The van der Waals surface area contributed by atoms with Crippen LogP contribution in [0.5, 0.6) is 0 Å². The second kappa shape index (κ2) is 8.39. The third kappa shape index (κ3) is 5.07. The number of carbonyl (C=O) groups is 1. The number of amides is 1. The molecule has 0 saturated carbocycles. The molecule has 2 heterocycles. The maximum Gasteiger partial charge on any atom is 0.236 e. The highest BCUT2D eigenvalue weighted by atomic mass is 32.2. The van der Waals surface area contributed by atoms with Crippen LogP contribution in [0.3, 0.4) is 0 Å². The molecule has 1 aromatic carbocycles. The lowest BCUT2D eigenvalue weighted by Gasteiger charge is -2.33. The lowest BCUT2D eigenvalue weighted by Crippen LogP contribution is -3.13. The number of carbonyl (C=O) groups excluding carboxylic acids is 1. The molecule has 0 bridgehead atoms. The highest BCUT2D eigenvalue weighted by molar-refractivity contribution is 8.00. The molecule has 1 saturated heterocycles. The molecule has 1 atom stereocenters. The van der Waals surface area contributed by atoms with Crippen molar-refractivity contribution < 1.29 is 9.69 Å². The van der Waals surface area contributed by atoms with Gasteiger partial charge in [-0.3, -0.25) is 4.79 Å². The molecule has 27 heavy (non-hydrogen) atoms. The first-order valence-electron chi connectivity index (χ1n) is 9.46. The summed E-state index contributed by atoms with van der Waals surface area (Å²) >= 11 is 1.44. The SMILES string of the molecule is C[C@@H](Sc1nnnn1C(C)(C)C)C(=O)N1CC[NH+](Cc2ccccc2)CC1. The Hall–Kier alpha value is -1.93. The molecule has 0 radical (unpaired) electrons. The van der Waals surface area contributed by atoms with E-state index in [1.54, 1.807) is 4.68 Å². The van der Waals surface area contributed by atoms with E-state index in [1.165, 1.54) is 22.2 Å². The van der Waals surface area contributed by atoms with Gasteiger partial charge >= 0.3 is 0 Å². The molecular formula is C19H29N6OS+. The lowest BCUT2D eigenvalue weighted by molar-refractivity contribution is -0.917. The van der Waals surface area contributed by atoms with Gasteiger partial charge in [-0.1, -0.05) is 42.1 Å². The molecule has 146 valence electrons. The Bertz CT molecular complexity index is 749. The fraction of sp³-hybridized carbons (Fsp3) is 0.579. The second-order valence-electron chi connectivity index (χ2n) is 8.04. The number of nitrogens with zero attached hydrogens (tertiary/aromatic N) is 5. The van der Waals surface area contributed by atoms with E-state index >= 15 is 0 Å². The van der Waals surface area contributed by atoms with Crippen LogP contribution in [0, 0.1) is 0 Å². The zero-order chi connectivity index (χ0) is 19.4. The van der Waals surface area contributed by atoms with Gasteiger partial charge in [0.15, 0.2) is 0 Å². The number of rotatable bonds is 5. The van der Waals surface area contributed by atoms with E-state index < -0.39 is 0 Å². The van der Waals surface area contributed by atoms with Crippen molar-refractivity contribution >= 4 is 17.7 Å². The number of piperazine rings is 1. The van der Waals surface area contributed by atoms with Gasteiger partial charge in [0, 0.05) is 5.56 Å². The van der Waals surface area contributed by atoms with E-state index in [-0.39, 0.29) is 16.7 Å². The zero-order valence-corrected chi connectivity index (χ0v) is 17.4. The second-order valence-corrected chi connectivity index (χ2v) is 9.35. The van der Waals surface area contributed by atoms with Gasteiger partial charge in [0.25, 0.3) is 0 Å². The van der Waals surface area contributed by atoms with Crippen molar-refractivity contribution in [2.75, 3.05) is 26.2 Å². The third-order valence-electron chi connectivity index (χ3n) is 4.79. The summed E-state index contributed by atoms with van der Waals surface area (Å²) in [4.78, 5) is 16.4. The minimum absolute atomic E-state index is 0.169. The summed E-state index contributed by atoms with van der Waals surface area (Å²) in [6.07, 6.45) is 0. The summed E-state index contributed by atoms with van der Waals surface area (Å²) in [5.41, 5.74) is 1.14. The maximum absolute atomic E-state index is 12.9. The number of hydrogen-bond donors (Lipinski definition) is 1. The summed E-state index contributed by atoms with van der Waals surface area (Å²) in [6.45, 7) is 12.7. The van der Waals surface area contributed by atoms with Gasteiger partial charge in [0.2, 0.25) is 11.1 Å². The number of nitrogens with one attached hydrogen (secondary N) is 1. The normalized spacial score (nSPS) is 17.1. The molecule has 1 fully saturated rings. The Balaban J connectivity index is 1.52. The lowest BCUT2D eigenvalue weighted by atomic mass is 10.1. The summed E-state index contributed by atoms with van der Waals surface area (Å²) in [7, 11) is 0. The van der Waals surface area contributed by atoms with Crippen LogP contribution in [0.1, 0.15) is 33.3 Å². The van der Waals surface area contributed by atoms with Gasteiger partial charge in [-0.25, -0.2) is 4.68 Å². The Labute approximate surface area is 165 Å². The fourth-order valence-corrected chi connectivity index (χ4v) is 4.30. The molecule has 1 aliphatic rings. The van der Waals surface area contributed by atoms with E-state index in [1.807, 2.05) is 17.9 Å². The quantitative estimate of drug-likeness (QED) is 0.768. The summed E-state index contributed by atoms with van der Waals surface area (Å²) in [5.74, 6) is 0.169. The van der Waals surface area contributed by atoms with Gasteiger partial charge < -0.3 is 9.80 Å². The molecular weight excluding hydrogens is 360 g/mol. The number of hydrogen-bond acceptors (Lipinski definition) is 5. The highest BCUT2D eigenvalue weighted by Crippen LogP contribution is 2.26. The van der Waals surface area contributed by atoms with E-state index in [0.717, 1.165) is 32.7 Å². The van der Waals surface area contributed by atoms with E-state index in [9.17, 15) is 4.79 Å². The van der Waals surface area contributed by atoms with E-state index in [0.29, 0.717) is 5.16 Å². The number of tetrazole rings is 1. The summed E-state index contributed by atoms with van der Waals surface area (Å²) in [6, 6.07) is 10.5. The molecule has 7 nitrogen and oxygen atoms in total. The zero-order valence-electron chi connectivity index (χ0n) is 16.6. The number of thioether (sulfide) groups is 1. The summed E-state index contributed by atoms with van der Waals surface area (Å²) in [5, 5.41) is 12.4. The van der Waals surface area contributed by atoms with Crippen LogP contribution in [0.15, 0.2) is 35.5 Å². The average Bonchev–Trinajstić information content (AvgIpc) is 3.11. The van der Waals surface area contributed by atoms with Crippen molar-refractivity contribution in [3.8, 4) is 0 Å². The fourth-order valence-electron chi connectivity index (χ4n) is 3.24. The van der Waals surface area contributed by atoms with Crippen LogP contribution in [0.2, 0.25) is 0 Å². The Morgan fingerprint density at radius 1 is 1.22 bits per heavy atom. The van der Waals surface area contributed by atoms with Crippen LogP contribution in [0.4, 0.5) is 0 Å². The minimum atomic E-state index is -0.207. The minimum Gasteiger partial charge on any atom is -0.330 e. The molecule has 0 aliphatic carbocycles. The van der Waals surface area contributed by atoms with Crippen molar-refractivity contribution in [3.63, 3.8) is 0 Å². The monoisotopic (exact) mass is 389 g/mol. The maximum atomic E-state index is 12.9. The van der Waals surface area contributed by atoms with Crippen LogP contribution < -0.4 is 4.90 Å². The smallest absolute Gasteiger partial charge is 0.236 e. The van der Waals surface area contributed by atoms with Crippen LogP contribution in [-0.2, 0) is 16.9 Å². The molecule has 3 rings (SSSR count). The van der Waals surface area contributed by atoms with Crippen molar-refractivity contribution in [1.82, 2.24) is 25.1 Å². The van der Waals surface area contributed by atoms with Crippen molar-refractivity contribution in [2.24, 2.45) is 0 Å². The Kier molecular flexibility index (Phi) is 6.16. The number of aromatic nitrogens is 4. The molecule has 1 aromatic heterocycles. The predicted molar refractivity (Wildman–Crippen MR) is 106 cm³/mol. The van der Waals surface area contributed by atoms with Gasteiger partial charge in [-0.05, 0) is 38.1 Å². The van der Waals surface area contributed by atoms with E-state index in [2.05, 4.69) is 60.6 Å². The topological polar surface area (TPSA) is 68.4 Å². The van der Waals surface area contributed by atoms with Crippen molar-refractivity contribution in [3.05, 3.63) is 35.9 Å². The first-order valence-corrected chi connectivity index (χ1v) is 10.3. The average molecular weight is 390 g/mol. The first kappa shape index (κ1) is 19.8. The van der Waals surface area contributed by atoms with Gasteiger partial charge in [0.1, 0.15) is 6.54 Å². The Morgan fingerprint density at radius 3 is 2.52 bits per heavy atom. The highest BCUT2D eigenvalue weighted by Gasteiger charge is 2.29.